The Morgan fingerprint density at radius 2 is 1.65 bits per heavy atom. The van der Waals surface area contributed by atoms with Gasteiger partial charge in [-0.15, -0.1) is 0 Å². The Bertz CT molecular complexity index is 362. The predicted octanol–water partition coefficient (Wildman–Crippen LogP) is 3.02. The molecular formula is C19H33NO2S. The summed E-state index contributed by atoms with van der Waals surface area (Å²) >= 11 is 2.02. The van der Waals surface area contributed by atoms with Crippen LogP contribution in [0.3, 0.4) is 0 Å². The van der Waals surface area contributed by atoms with Crippen molar-refractivity contribution in [1.82, 2.24) is 4.90 Å². The maximum atomic E-state index is 10.2. The number of hydrogen-bond acceptors (Lipinski definition) is 4. The van der Waals surface area contributed by atoms with Gasteiger partial charge >= 0.3 is 0 Å². The minimum absolute atomic E-state index is 0.311. The number of rotatable bonds is 7. The second kappa shape index (κ2) is 7.23. The van der Waals surface area contributed by atoms with Gasteiger partial charge < -0.3 is 9.84 Å². The van der Waals surface area contributed by atoms with Gasteiger partial charge in [0.25, 0.3) is 0 Å². The number of thioether (sulfide) groups is 1. The van der Waals surface area contributed by atoms with Crippen molar-refractivity contribution in [2.75, 3.05) is 44.4 Å². The quantitative estimate of drug-likeness (QED) is 0.723. The van der Waals surface area contributed by atoms with Crippen LogP contribution in [0.25, 0.3) is 0 Å². The average molecular weight is 340 g/mol. The molecule has 1 N–H and O–H groups in total. The molecule has 0 amide bonds. The zero-order chi connectivity index (χ0) is 15.7. The van der Waals surface area contributed by atoms with Crippen LogP contribution < -0.4 is 0 Å². The molecule has 4 bridgehead atoms. The summed E-state index contributed by atoms with van der Waals surface area (Å²) in [5, 5.41) is 10.2. The first-order valence-corrected chi connectivity index (χ1v) is 10.9. The lowest BCUT2D eigenvalue weighted by Gasteiger charge is -2.57. The van der Waals surface area contributed by atoms with E-state index in [4.69, 9.17) is 4.74 Å². The molecular weight excluding hydrogens is 306 g/mol. The Balaban J connectivity index is 1.16. The first-order valence-electron chi connectivity index (χ1n) is 9.77. The van der Waals surface area contributed by atoms with Crippen LogP contribution in [0.4, 0.5) is 0 Å². The fourth-order valence-electron chi connectivity index (χ4n) is 6.24. The maximum absolute atomic E-state index is 10.2. The predicted molar refractivity (Wildman–Crippen MR) is 95.8 cm³/mol. The number of nitrogens with zero attached hydrogens (tertiary/aromatic N) is 1. The number of β-amino-alcohol motifs (C(OH)–C–C–N with tert-alkyl or cyclic N) is 1. The molecule has 1 atom stereocenters. The molecule has 0 aromatic heterocycles. The summed E-state index contributed by atoms with van der Waals surface area (Å²) < 4.78 is 5.89. The molecule has 0 spiro atoms. The van der Waals surface area contributed by atoms with E-state index in [0.29, 0.717) is 12.0 Å². The summed E-state index contributed by atoms with van der Waals surface area (Å²) in [6.07, 6.45) is 9.90. The molecule has 4 heteroatoms. The molecule has 0 unspecified atom stereocenters. The lowest BCUT2D eigenvalue weighted by Crippen LogP contribution is -2.46. The number of hydrogen-bond donors (Lipinski definition) is 1. The van der Waals surface area contributed by atoms with Gasteiger partial charge in [-0.2, -0.15) is 11.8 Å². The normalized spacial score (nSPS) is 41.3. The van der Waals surface area contributed by atoms with Crippen molar-refractivity contribution in [2.24, 2.45) is 23.2 Å². The SMILES string of the molecule is O[C@H](COCCC12CC3CC(CC(C3)C1)C2)CN1CCSCC1. The van der Waals surface area contributed by atoms with E-state index in [-0.39, 0.29) is 6.10 Å². The van der Waals surface area contributed by atoms with Crippen molar-refractivity contribution in [3.63, 3.8) is 0 Å². The van der Waals surface area contributed by atoms with E-state index >= 15 is 0 Å². The molecule has 5 rings (SSSR count). The van der Waals surface area contributed by atoms with E-state index in [2.05, 4.69) is 4.90 Å². The second-order valence-corrected chi connectivity index (χ2v) is 10.0. The second-order valence-electron chi connectivity index (χ2n) is 8.81. The highest BCUT2D eigenvalue weighted by molar-refractivity contribution is 7.99. The zero-order valence-corrected chi connectivity index (χ0v) is 15.2. The van der Waals surface area contributed by atoms with Gasteiger partial charge in [-0.3, -0.25) is 4.90 Å². The molecule has 132 valence electrons. The molecule has 4 aliphatic carbocycles. The highest BCUT2D eigenvalue weighted by Gasteiger charge is 2.50. The van der Waals surface area contributed by atoms with Gasteiger partial charge in [0, 0.05) is 37.7 Å². The molecule has 23 heavy (non-hydrogen) atoms. The minimum atomic E-state index is -0.311. The molecule has 0 radical (unpaired) electrons. The van der Waals surface area contributed by atoms with Gasteiger partial charge in [0.2, 0.25) is 0 Å². The van der Waals surface area contributed by atoms with E-state index in [1.807, 2.05) is 11.8 Å². The molecule has 0 aromatic rings. The van der Waals surface area contributed by atoms with Crippen LogP contribution in [0.5, 0.6) is 0 Å². The molecule has 1 aliphatic heterocycles. The van der Waals surface area contributed by atoms with Crippen LogP contribution in [0, 0.1) is 23.2 Å². The van der Waals surface area contributed by atoms with Gasteiger partial charge in [0.15, 0.2) is 0 Å². The first kappa shape index (κ1) is 16.7. The molecule has 1 heterocycles. The Morgan fingerprint density at radius 3 is 2.26 bits per heavy atom. The largest absolute Gasteiger partial charge is 0.389 e. The van der Waals surface area contributed by atoms with Gasteiger partial charge in [0.1, 0.15) is 0 Å². The topological polar surface area (TPSA) is 32.7 Å². The van der Waals surface area contributed by atoms with Crippen LogP contribution in [0.1, 0.15) is 44.9 Å². The smallest absolute Gasteiger partial charge is 0.0900 e. The molecule has 5 aliphatic rings. The van der Waals surface area contributed by atoms with E-state index in [1.165, 1.54) is 56.5 Å². The van der Waals surface area contributed by atoms with Crippen molar-refractivity contribution in [3.8, 4) is 0 Å². The van der Waals surface area contributed by atoms with Gasteiger partial charge in [-0.1, -0.05) is 0 Å². The Hall–Kier alpha value is 0.230. The van der Waals surface area contributed by atoms with E-state index in [0.717, 1.165) is 44.0 Å². The summed E-state index contributed by atoms with van der Waals surface area (Å²) in [5.41, 5.74) is 0.615. The fraction of sp³-hybridized carbons (Fsp3) is 1.00. The number of ether oxygens (including phenoxy) is 1. The van der Waals surface area contributed by atoms with Crippen molar-refractivity contribution in [1.29, 1.82) is 0 Å². The van der Waals surface area contributed by atoms with Crippen molar-refractivity contribution >= 4 is 11.8 Å². The van der Waals surface area contributed by atoms with Crippen LogP contribution in [-0.4, -0.2) is 60.5 Å². The van der Waals surface area contributed by atoms with Gasteiger partial charge in [0.05, 0.1) is 12.7 Å². The highest BCUT2D eigenvalue weighted by Crippen LogP contribution is 2.61. The van der Waals surface area contributed by atoms with Crippen LogP contribution in [0.15, 0.2) is 0 Å². The lowest BCUT2D eigenvalue weighted by molar-refractivity contribution is -0.0740. The van der Waals surface area contributed by atoms with Gasteiger partial charge in [-0.25, -0.2) is 0 Å². The van der Waals surface area contributed by atoms with Crippen LogP contribution in [0.2, 0.25) is 0 Å². The lowest BCUT2D eigenvalue weighted by atomic mass is 9.49. The zero-order valence-electron chi connectivity index (χ0n) is 14.4. The van der Waals surface area contributed by atoms with E-state index in [1.54, 1.807) is 0 Å². The van der Waals surface area contributed by atoms with Crippen LogP contribution >= 0.6 is 11.8 Å². The number of aliphatic hydroxyl groups excluding tert-OH is 1. The summed E-state index contributed by atoms with van der Waals surface area (Å²) in [6, 6.07) is 0. The monoisotopic (exact) mass is 339 g/mol. The first-order chi connectivity index (χ1) is 11.2. The third-order valence-electron chi connectivity index (χ3n) is 6.82. The summed E-state index contributed by atoms with van der Waals surface area (Å²) in [6.45, 7) is 4.41. The number of aliphatic hydroxyl groups is 1. The van der Waals surface area contributed by atoms with E-state index < -0.39 is 0 Å². The standard InChI is InChI=1S/C19H33NO2S/c21-18(13-20-2-5-23-6-3-20)14-22-4-1-19-10-15-7-16(11-19)9-17(8-15)12-19/h15-18,21H,1-14H2/t15?,16?,17?,18-,19?/m0/s1. The molecule has 3 nitrogen and oxygen atoms in total. The van der Waals surface area contributed by atoms with Crippen molar-refractivity contribution < 1.29 is 9.84 Å². The Kier molecular flexibility index (Phi) is 5.24. The summed E-state index contributed by atoms with van der Waals surface area (Å²) in [7, 11) is 0. The molecule has 0 aromatic carbocycles. The van der Waals surface area contributed by atoms with Crippen molar-refractivity contribution in [3.05, 3.63) is 0 Å². The third kappa shape index (κ3) is 4.08. The van der Waals surface area contributed by atoms with Crippen molar-refractivity contribution in [2.45, 2.75) is 51.0 Å². The Morgan fingerprint density at radius 1 is 1.04 bits per heavy atom. The molecule has 1 saturated heterocycles. The molecule has 4 saturated carbocycles. The average Bonchev–Trinajstić information content (AvgIpc) is 2.51. The third-order valence-corrected chi connectivity index (χ3v) is 7.77. The minimum Gasteiger partial charge on any atom is -0.389 e. The van der Waals surface area contributed by atoms with Gasteiger partial charge in [-0.05, 0) is 68.1 Å². The maximum Gasteiger partial charge on any atom is 0.0900 e. The van der Waals surface area contributed by atoms with E-state index in [9.17, 15) is 5.11 Å². The molecule has 5 fully saturated rings. The summed E-state index contributed by atoms with van der Waals surface area (Å²) in [4.78, 5) is 2.38. The Labute approximate surface area is 145 Å². The fourth-order valence-corrected chi connectivity index (χ4v) is 7.22. The highest BCUT2D eigenvalue weighted by atomic mass is 32.2. The summed E-state index contributed by atoms with van der Waals surface area (Å²) in [5.74, 6) is 5.51. The van der Waals surface area contributed by atoms with Crippen LogP contribution in [-0.2, 0) is 4.74 Å².